The van der Waals surface area contributed by atoms with Crippen LogP contribution in [-0.4, -0.2) is 18.2 Å². The van der Waals surface area contributed by atoms with Gasteiger partial charge in [-0.2, -0.15) is 0 Å². The summed E-state index contributed by atoms with van der Waals surface area (Å²) in [6.07, 6.45) is 4.37. The van der Waals surface area contributed by atoms with Gasteiger partial charge >= 0.3 is 0 Å². The van der Waals surface area contributed by atoms with E-state index in [0.29, 0.717) is 11.7 Å². The molecule has 1 aromatic carbocycles. The molecule has 0 aromatic heterocycles. The lowest BCUT2D eigenvalue weighted by molar-refractivity contribution is 0.369. The molecule has 0 saturated carbocycles. The summed E-state index contributed by atoms with van der Waals surface area (Å²) >= 11 is 3.53. The number of hydrogen-bond donors (Lipinski definition) is 2. The second-order valence-corrected chi connectivity index (χ2v) is 5.76. The summed E-state index contributed by atoms with van der Waals surface area (Å²) in [5, 5.41) is 13.6. The largest absolute Gasteiger partial charge is 0.507 e. The lowest BCUT2D eigenvalue weighted by atomic mass is 9.91. The van der Waals surface area contributed by atoms with Crippen LogP contribution in [0.1, 0.15) is 30.9 Å². The van der Waals surface area contributed by atoms with Crippen molar-refractivity contribution in [1.29, 1.82) is 0 Å². The van der Waals surface area contributed by atoms with Crippen LogP contribution in [0.25, 0.3) is 0 Å². The number of piperidine rings is 1. The highest BCUT2D eigenvalue weighted by molar-refractivity contribution is 9.10. The SMILES string of the molecule is CCc1cc(Br)cc(CC2CCCNC2)c1O. The van der Waals surface area contributed by atoms with Crippen molar-refractivity contribution in [2.24, 2.45) is 5.92 Å². The lowest BCUT2D eigenvalue weighted by Gasteiger charge is -2.23. The van der Waals surface area contributed by atoms with Crippen molar-refractivity contribution in [3.63, 3.8) is 0 Å². The van der Waals surface area contributed by atoms with E-state index < -0.39 is 0 Å². The van der Waals surface area contributed by atoms with Gasteiger partial charge in [-0.05, 0) is 68.0 Å². The minimum Gasteiger partial charge on any atom is -0.507 e. The van der Waals surface area contributed by atoms with Gasteiger partial charge in [0.1, 0.15) is 5.75 Å². The van der Waals surface area contributed by atoms with Gasteiger partial charge in [0.2, 0.25) is 0 Å². The molecule has 1 fully saturated rings. The zero-order valence-corrected chi connectivity index (χ0v) is 11.9. The molecule has 1 aliphatic rings. The van der Waals surface area contributed by atoms with E-state index in [-0.39, 0.29) is 0 Å². The molecular formula is C14H20BrNO. The Morgan fingerprint density at radius 1 is 1.41 bits per heavy atom. The van der Waals surface area contributed by atoms with Crippen LogP contribution in [0, 0.1) is 5.92 Å². The number of phenolic OH excluding ortho intramolecular Hbond substituents is 1. The second-order valence-electron chi connectivity index (χ2n) is 4.84. The Bertz CT molecular complexity index is 386. The normalized spacial score (nSPS) is 20.5. The van der Waals surface area contributed by atoms with Gasteiger partial charge in [-0.15, -0.1) is 0 Å². The first-order valence-corrected chi connectivity index (χ1v) is 7.21. The maximum atomic E-state index is 10.2. The number of aromatic hydroxyl groups is 1. The molecule has 0 aliphatic carbocycles. The highest BCUT2D eigenvalue weighted by Gasteiger charge is 2.16. The molecule has 2 nitrogen and oxygen atoms in total. The Morgan fingerprint density at radius 2 is 2.18 bits per heavy atom. The predicted octanol–water partition coefficient (Wildman–Crippen LogP) is 3.26. The summed E-state index contributed by atoms with van der Waals surface area (Å²) in [4.78, 5) is 0. The summed E-state index contributed by atoms with van der Waals surface area (Å²) in [5.41, 5.74) is 2.13. The number of hydrogen-bond acceptors (Lipinski definition) is 2. The minimum absolute atomic E-state index is 0.501. The van der Waals surface area contributed by atoms with Gasteiger partial charge in [0.15, 0.2) is 0 Å². The van der Waals surface area contributed by atoms with E-state index in [1.54, 1.807) is 0 Å². The Balaban J connectivity index is 2.16. The molecule has 0 spiro atoms. The molecule has 1 heterocycles. The number of aryl methyl sites for hydroxylation is 1. The smallest absolute Gasteiger partial charge is 0.122 e. The summed E-state index contributed by atoms with van der Waals surface area (Å²) in [7, 11) is 0. The number of benzene rings is 1. The summed E-state index contributed by atoms with van der Waals surface area (Å²) in [5.74, 6) is 1.16. The molecule has 1 atom stereocenters. The van der Waals surface area contributed by atoms with E-state index in [1.165, 1.54) is 12.8 Å². The molecule has 1 aliphatic heterocycles. The van der Waals surface area contributed by atoms with Crippen LogP contribution in [0.15, 0.2) is 16.6 Å². The molecule has 0 bridgehead atoms. The monoisotopic (exact) mass is 297 g/mol. The Kier molecular flexibility index (Phi) is 4.46. The van der Waals surface area contributed by atoms with Gasteiger partial charge in [0.05, 0.1) is 0 Å². The lowest BCUT2D eigenvalue weighted by Crippen LogP contribution is -2.30. The summed E-state index contributed by atoms with van der Waals surface area (Å²) < 4.78 is 1.07. The summed E-state index contributed by atoms with van der Waals surface area (Å²) in [6, 6.07) is 4.07. The molecular weight excluding hydrogens is 278 g/mol. The van der Waals surface area contributed by atoms with Gasteiger partial charge < -0.3 is 10.4 Å². The second kappa shape index (κ2) is 5.87. The first kappa shape index (κ1) is 12.9. The fourth-order valence-corrected chi connectivity index (χ4v) is 3.10. The van der Waals surface area contributed by atoms with E-state index in [1.807, 2.05) is 6.07 Å². The standard InChI is InChI=1S/C14H20BrNO/c1-2-11-7-13(15)8-12(14(11)17)6-10-4-3-5-16-9-10/h7-8,10,16-17H,2-6,9H2,1H3. The van der Waals surface area contributed by atoms with Gasteiger partial charge in [-0.25, -0.2) is 0 Å². The zero-order chi connectivity index (χ0) is 12.3. The Labute approximate surface area is 112 Å². The van der Waals surface area contributed by atoms with Crippen LogP contribution in [0.3, 0.4) is 0 Å². The van der Waals surface area contributed by atoms with Crippen LogP contribution in [0.5, 0.6) is 5.75 Å². The van der Waals surface area contributed by atoms with Crippen molar-refractivity contribution in [3.05, 3.63) is 27.7 Å². The highest BCUT2D eigenvalue weighted by Crippen LogP contribution is 2.30. The number of halogens is 1. The van der Waals surface area contributed by atoms with Crippen molar-refractivity contribution >= 4 is 15.9 Å². The molecule has 1 unspecified atom stereocenters. The van der Waals surface area contributed by atoms with Crippen molar-refractivity contribution in [2.45, 2.75) is 32.6 Å². The minimum atomic E-state index is 0.501. The molecule has 17 heavy (non-hydrogen) atoms. The summed E-state index contributed by atoms with van der Waals surface area (Å²) in [6.45, 7) is 4.29. The van der Waals surface area contributed by atoms with Gasteiger partial charge in [0, 0.05) is 4.47 Å². The number of rotatable bonds is 3. The Hall–Kier alpha value is -0.540. The number of phenols is 1. The molecule has 1 saturated heterocycles. The third-order valence-electron chi connectivity index (χ3n) is 3.52. The molecule has 0 radical (unpaired) electrons. The molecule has 1 aromatic rings. The van der Waals surface area contributed by atoms with Gasteiger partial charge in [-0.1, -0.05) is 22.9 Å². The predicted molar refractivity (Wildman–Crippen MR) is 74.5 cm³/mol. The Morgan fingerprint density at radius 3 is 2.82 bits per heavy atom. The van der Waals surface area contributed by atoms with Crippen LogP contribution in [-0.2, 0) is 12.8 Å². The van der Waals surface area contributed by atoms with E-state index in [4.69, 9.17) is 0 Å². The van der Waals surface area contributed by atoms with E-state index in [9.17, 15) is 5.11 Å². The van der Waals surface area contributed by atoms with Crippen molar-refractivity contribution in [3.8, 4) is 5.75 Å². The highest BCUT2D eigenvalue weighted by atomic mass is 79.9. The quantitative estimate of drug-likeness (QED) is 0.897. The maximum absolute atomic E-state index is 10.2. The van der Waals surface area contributed by atoms with E-state index >= 15 is 0 Å². The molecule has 2 rings (SSSR count). The zero-order valence-electron chi connectivity index (χ0n) is 10.3. The van der Waals surface area contributed by atoms with Crippen LogP contribution in [0.4, 0.5) is 0 Å². The molecule has 2 N–H and O–H groups in total. The third-order valence-corrected chi connectivity index (χ3v) is 3.98. The van der Waals surface area contributed by atoms with E-state index in [0.717, 1.165) is 41.5 Å². The molecule has 94 valence electrons. The first-order valence-electron chi connectivity index (χ1n) is 6.41. The van der Waals surface area contributed by atoms with Crippen molar-refractivity contribution in [2.75, 3.05) is 13.1 Å². The van der Waals surface area contributed by atoms with Gasteiger partial charge in [0.25, 0.3) is 0 Å². The fraction of sp³-hybridized carbons (Fsp3) is 0.571. The van der Waals surface area contributed by atoms with Crippen LogP contribution in [0.2, 0.25) is 0 Å². The molecule has 0 amide bonds. The topological polar surface area (TPSA) is 32.3 Å². The maximum Gasteiger partial charge on any atom is 0.122 e. The number of nitrogens with one attached hydrogen (secondary N) is 1. The average molecular weight is 298 g/mol. The van der Waals surface area contributed by atoms with Crippen molar-refractivity contribution in [1.82, 2.24) is 5.32 Å². The third kappa shape index (κ3) is 3.23. The fourth-order valence-electron chi connectivity index (χ4n) is 2.55. The van der Waals surface area contributed by atoms with E-state index in [2.05, 4.69) is 34.2 Å². The van der Waals surface area contributed by atoms with Crippen LogP contribution >= 0.6 is 15.9 Å². The van der Waals surface area contributed by atoms with Crippen LogP contribution < -0.4 is 5.32 Å². The van der Waals surface area contributed by atoms with Gasteiger partial charge in [-0.3, -0.25) is 0 Å². The average Bonchev–Trinajstić information content (AvgIpc) is 2.34. The first-order chi connectivity index (χ1) is 8.20. The molecule has 3 heteroatoms. The van der Waals surface area contributed by atoms with Crippen molar-refractivity contribution < 1.29 is 5.11 Å².